The number of anilines is 1. The third kappa shape index (κ3) is 6.26. The lowest BCUT2D eigenvalue weighted by Gasteiger charge is -2.17. The highest BCUT2D eigenvalue weighted by Crippen LogP contribution is 2.20. The summed E-state index contributed by atoms with van der Waals surface area (Å²) in [6, 6.07) is 9.23. The van der Waals surface area contributed by atoms with Crippen LogP contribution >= 0.6 is 48.8 Å². The van der Waals surface area contributed by atoms with E-state index in [0.29, 0.717) is 23.1 Å². The summed E-state index contributed by atoms with van der Waals surface area (Å²) in [6.07, 6.45) is 3.14. The van der Waals surface area contributed by atoms with E-state index in [9.17, 15) is 0 Å². The first-order valence-corrected chi connectivity index (χ1v) is 7.49. The molecule has 2 aromatic heterocycles. The lowest BCUT2D eigenvalue weighted by molar-refractivity contribution is 0.655. The minimum atomic E-state index is -0.0655. The molecule has 0 radical (unpaired) electrons. The zero-order valence-corrected chi connectivity index (χ0v) is 16.9. The zero-order valence-electron chi connectivity index (χ0n) is 13.7. The van der Waals surface area contributed by atoms with Gasteiger partial charge in [0.05, 0.1) is 6.04 Å². The maximum absolute atomic E-state index is 5.92. The van der Waals surface area contributed by atoms with Crippen LogP contribution in [0.1, 0.15) is 11.9 Å². The summed E-state index contributed by atoms with van der Waals surface area (Å²) in [5, 5.41) is 14.4. The van der Waals surface area contributed by atoms with Gasteiger partial charge in [-0.15, -0.1) is 37.2 Å². The van der Waals surface area contributed by atoms with Crippen molar-refractivity contribution in [2.45, 2.75) is 6.04 Å². The highest BCUT2D eigenvalue weighted by atomic mass is 35.5. The van der Waals surface area contributed by atoms with E-state index in [1.54, 1.807) is 12.3 Å². The molecule has 7 nitrogen and oxygen atoms in total. The van der Waals surface area contributed by atoms with Gasteiger partial charge in [-0.2, -0.15) is 5.10 Å². The summed E-state index contributed by atoms with van der Waals surface area (Å²) >= 11 is 5.92. The standard InChI is InChI=1S/C15H16ClN7.3ClH/c1-17-8-13(20-11-4-2-10(16)3-5-11)15-21-14(22-23-15)12-6-7-18-9-19-12;;;/h2-7,9,13,17,20H,8H2,1H3,(H,21,22,23);3*1H. The molecule has 0 spiro atoms. The van der Waals surface area contributed by atoms with Gasteiger partial charge in [-0.05, 0) is 37.4 Å². The summed E-state index contributed by atoms with van der Waals surface area (Å²) in [7, 11) is 1.89. The van der Waals surface area contributed by atoms with Gasteiger partial charge in [0.15, 0.2) is 5.82 Å². The van der Waals surface area contributed by atoms with Gasteiger partial charge in [-0.25, -0.2) is 15.0 Å². The number of benzene rings is 1. The quantitative estimate of drug-likeness (QED) is 0.545. The van der Waals surface area contributed by atoms with Crippen LogP contribution in [-0.4, -0.2) is 38.7 Å². The lowest BCUT2D eigenvalue weighted by Crippen LogP contribution is -2.24. The molecule has 0 amide bonds. The Morgan fingerprint density at radius 3 is 2.46 bits per heavy atom. The van der Waals surface area contributed by atoms with Crippen LogP contribution < -0.4 is 10.6 Å². The number of hydrogen-bond donors (Lipinski definition) is 3. The number of aromatic amines is 1. The van der Waals surface area contributed by atoms with Crippen LogP contribution in [0.4, 0.5) is 5.69 Å². The average molecular weight is 439 g/mol. The largest absolute Gasteiger partial charge is 0.374 e. The molecule has 3 aromatic rings. The van der Waals surface area contributed by atoms with E-state index in [4.69, 9.17) is 11.6 Å². The van der Waals surface area contributed by atoms with Crippen molar-refractivity contribution in [3.05, 3.63) is 53.7 Å². The Morgan fingerprint density at radius 1 is 1.12 bits per heavy atom. The topological polar surface area (TPSA) is 91.4 Å². The second kappa shape index (κ2) is 11.9. The molecule has 0 bridgehead atoms. The summed E-state index contributed by atoms with van der Waals surface area (Å²) in [4.78, 5) is 12.6. The Labute approximate surface area is 175 Å². The third-order valence-corrected chi connectivity index (χ3v) is 3.49. The molecular formula is C15H19Cl4N7. The van der Waals surface area contributed by atoms with E-state index in [0.717, 1.165) is 11.5 Å². The van der Waals surface area contributed by atoms with Crippen LogP contribution in [0.2, 0.25) is 5.02 Å². The highest BCUT2D eigenvalue weighted by Gasteiger charge is 2.16. The van der Waals surface area contributed by atoms with Gasteiger partial charge in [-0.3, -0.25) is 5.10 Å². The molecule has 1 atom stereocenters. The van der Waals surface area contributed by atoms with Gasteiger partial charge in [0, 0.05) is 23.5 Å². The van der Waals surface area contributed by atoms with Crippen LogP contribution in [0.25, 0.3) is 11.5 Å². The first kappa shape index (κ1) is 24.4. The molecule has 0 aliphatic heterocycles. The average Bonchev–Trinajstić information content (AvgIpc) is 3.07. The first-order valence-electron chi connectivity index (χ1n) is 7.11. The van der Waals surface area contributed by atoms with E-state index in [1.807, 2.05) is 31.3 Å². The van der Waals surface area contributed by atoms with Crippen molar-refractivity contribution in [3.8, 4) is 11.5 Å². The van der Waals surface area contributed by atoms with Gasteiger partial charge in [0.25, 0.3) is 0 Å². The highest BCUT2D eigenvalue weighted by molar-refractivity contribution is 6.30. The van der Waals surface area contributed by atoms with Crippen LogP contribution in [0, 0.1) is 0 Å². The molecule has 1 unspecified atom stereocenters. The number of aromatic nitrogens is 5. The molecular weight excluding hydrogens is 420 g/mol. The molecule has 0 aliphatic rings. The van der Waals surface area contributed by atoms with Crippen molar-refractivity contribution in [3.63, 3.8) is 0 Å². The monoisotopic (exact) mass is 437 g/mol. The summed E-state index contributed by atoms with van der Waals surface area (Å²) in [5.41, 5.74) is 1.63. The molecule has 0 fully saturated rings. The van der Waals surface area contributed by atoms with Gasteiger partial charge >= 0.3 is 0 Å². The molecule has 3 N–H and O–H groups in total. The Morgan fingerprint density at radius 2 is 1.85 bits per heavy atom. The lowest BCUT2D eigenvalue weighted by atomic mass is 10.2. The molecule has 0 saturated carbocycles. The van der Waals surface area contributed by atoms with Gasteiger partial charge in [-0.1, -0.05) is 11.6 Å². The van der Waals surface area contributed by atoms with Crippen molar-refractivity contribution >= 4 is 54.5 Å². The van der Waals surface area contributed by atoms with E-state index in [-0.39, 0.29) is 43.3 Å². The Bertz CT molecular complexity index is 752. The zero-order chi connectivity index (χ0) is 16.1. The van der Waals surface area contributed by atoms with E-state index in [2.05, 4.69) is 35.8 Å². The van der Waals surface area contributed by atoms with Gasteiger partial charge < -0.3 is 10.6 Å². The maximum atomic E-state index is 5.92. The summed E-state index contributed by atoms with van der Waals surface area (Å²) < 4.78 is 0. The second-order valence-electron chi connectivity index (χ2n) is 4.90. The number of rotatable bonds is 6. The minimum Gasteiger partial charge on any atom is -0.374 e. The predicted molar refractivity (Wildman–Crippen MR) is 111 cm³/mol. The van der Waals surface area contributed by atoms with Gasteiger partial charge in [0.2, 0.25) is 0 Å². The molecule has 11 heteroatoms. The van der Waals surface area contributed by atoms with Crippen LogP contribution in [0.15, 0.2) is 42.9 Å². The first-order chi connectivity index (χ1) is 11.3. The Hall–Kier alpha value is -1.64. The van der Waals surface area contributed by atoms with Gasteiger partial charge in [0.1, 0.15) is 17.8 Å². The molecule has 1 aromatic carbocycles. The van der Waals surface area contributed by atoms with Crippen LogP contribution in [-0.2, 0) is 0 Å². The SMILES string of the molecule is CNCC(Nc1ccc(Cl)cc1)c1nc(-c2ccncn2)n[nH]1.Cl.Cl.Cl. The van der Waals surface area contributed by atoms with Crippen molar-refractivity contribution in [1.29, 1.82) is 0 Å². The number of halogens is 4. The molecule has 26 heavy (non-hydrogen) atoms. The smallest absolute Gasteiger partial charge is 0.199 e. The van der Waals surface area contributed by atoms with E-state index in [1.165, 1.54) is 6.33 Å². The van der Waals surface area contributed by atoms with E-state index >= 15 is 0 Å². The molecule has 3 rings (SSSR count). The van der Waals surface area contributed by atoms with Crippen LogP contribution in [0.5, 0.6) is 0 Å². The van der Waals surface area contributed by atoms with Crippen molar-refractivity contribution in [1.82, 2.24) is 30.5 Å². The Kier molecular flexibility index (Phi) is 11.1. The van der Waals surface area contributed by atoms with Crippen molar-refractivity contribution < 1.29 is 0 Å². The molecule has 0 aliphatic carbocycles. The number of nitrogens with one attached hydrogen (secondary N) is 3. The fourth-order valence-electron chi connectivity index (χ4n) is 2.14. The number of hydrogen-bond acceptors (Lipinski definition) is 6. The molecule has 0 saturated heterocycles. The van der Waals surface area contributed by atoms with Crippen molar-refractivity contribution in [2.75, 3.05) is 18.9 Å². The summed E-state index contributed by atoms with van der Waals surface area (Å²) in [5.74, 6) is 1.27. The Balaban J connectivity index is 0.00000208. The maximum Gasteiger partial charge on any atom is 0.199 e. The summed E-state index contributed by atoms with van der Waals surface area (Å²) in [6.45, 7) is 0.682. The van der Waals surface area contributed by atoms with Crippen molar-refractivity contribution in [2.24, 2.45) is 0 Å². The second-order valence-corrected chi connectivity index (χ2v) is 5.34. The third-order valence-electron chi connectivity index (χ3n) is 3.24. The minimum absolute atomic E-state index is 0. The normalized spacial score (nSPS) is 10.7. The fraction of sp³-hybridized carbons (Fsp3) is 0.200. The van der Waals surface area contributed by atoms with Crippen LogP contribution in [0.3, 0.4) is 0 Å². The number of H-pyrrole nitrogens is 1. The number of nitrogens with zero attached hydrogens (tertiary/aromatic N) is 4. The fourth-order valence-corrected chi connectivity index (χ4v) is 2.26. The predicted octanol–water partition coefficient (Wildman–Crippen LogP) is 3.55. The molecule has 2 heterocycles. The number of likely N-dealkylation sites (N-methyl/N-ethyl adjacent to an activating group) is 1. The molecule has 142 valence electrons. The van der Waals surface area contributed by atoms with E-state index < -0.39 is 0 Å².